The Bertz CT molecular complexity index is 943. The monoisotopic (exact) mass is 503 g/mol. The van der Waals surface area contributed by atoms with E-state index in [2.05, 4.69) is 6.92 Å². The highest BCUT2D eigenvalue weighted by atomic mass is 32.1. The van der Waals surface area contributed by atoms with Crippen LogP contribution in [0.4, 0.5) is 5.69 Å². The van der Waals surface area contributed by atoms with E-state index in [0.717, 1.165) is 67.5 Å². The van der Waals surface area contributed by atoms with Gasteiger partial charge in [0.15, 0.2) is 0 Å². The maximum absolute atomic E-state index is 12.6. The van der Waals surface area contributed by atoms with Crippen molar-refractivity contribution >= 4 is 28.9 Å². The molecule has 2 heterocycles. The highest BCUT2D eigenvalue weighted by Crippen LogP contribution is 2.31. The highest BCUT2D eigenvalue weighted by molar-refractivity contribution is 7.13. The average molecular weight is 504 g/mol. The van der Waals surface area contributed by atoms with E-state index in [1.54, 1.807) is 6.07 Å². The maximum Gasteiger partial charge on any atom is 0.348 e. The molecule has 2 unspecified atom stereocenters. The van der Waals surface area contributed by atoms with Crippen molar-refractivity contribution in [3.05, 3.63) is 51.7 Å². The third-order valence-corrected chi connectivity index (χ3v) is 7.53. The van der Waals surface area contributed by atoms with E-state index >= 15 is 0 Å². The lowest BCUT2D eigenvalue weighted by Crippen LogP contribution is -2.32. The molecular formula is C27H37NO6S. The number of aliphatic hydroxyl groups is 3. The number of thiophene rings is 1. The van der Waals surface area contributed by atoms with Crippen LogP contribution in [0, 0.1) is 0 Å². The Morgan fingerprint density at radius 1 is 1.14 bits per heavy atom. The predicted octanol–water partition coefficient (Wildman–Crippen LogP) is 4.39. The lowest BCUT2D eigenvalue weighted by molar-refractivity contribution is -0.117. The van der Waals surface area contributed by atoms with E-state index in [0.29, 0.717) is 11.3 Å². The normalized spacial score (nSPS) is 17.5. The van der Waals surface area contributed by atoms with Crippen LogP contribution in [0.3, 0.4) is 0 Å². The van der Waals surface area contributed by atoms with Gasteiger partial charge in [0.25, 0.3) is 0 Å². The summed E-state index contributed by atoms with van der Waals surface area (Å²) in [7, 11) is 0. The molecule has 3 atom stereocenters. The Balaban J connectivity index is 1.50. The average Bonchev–Trinajstić information content (AvgIpc) is 3.49. The first-order valence-corrected chi connectivity index (χ1v) is 13.4. The molecule has 1 fully saturated rings. The predicted molar refractivity (Wildman–Crippen MR) is 137 cm³/mol. The van der Waals surface area contributed by atoms with Crippen molar-refractivity contribution in [2.24, 2.45) is 0 Å². The molecule has 1 saturated heterocycles. The first kappa shape index (κ1) is 27.3. The SMILES string of the molecule is CCCCC[C@H](O)c1ccc(N2C(=O)CCC2CCCc2ccc(C(=O)OCC(O)CO)s2)cc1. The van der Waals surface area contributed by atoms with Gasteiger partial charge in [-0.25, -0.2) is 4.79 Å². The summed E-state index contributed by atoms with van der Waals surface area (Å²) in [6, 6.07) is 11.5. The minimum atomic E-state index is -1.07. The molecule has 1 aliphatic heterocycles. The Kier molecular flexibility index (Phi) is 10.7. The van der Waals surface area contributed by atoms with Crippen molar-refractivity contribution < 1.29 is 29.6 Å². The summed E-state index contributed by atoms with van der Waals surface area (Å²) >= 11 is 1.37. The van der Waals surface area contributed by atoms with Crippen LogP contribution < -0.4 is 4.90 Å². The third kappa shape index (κ3) is 7.87. The molecule has 0 radical (unpaired) electrons. The van der Waals surface area contributed by atoms with E-state index in [9.17, 15) is 19.8 Å². The molecule has 3 N–H and O–H groups in total. The Morgan fingerprint density at radius 2 is 1.91 bits per heavy atom. The summed E-state index contributed by atoms with van der Waals surface area (Å²) in [6.07, 6.45) is 6.40. The second-order valence-electron chi connectivity index (χ2n) is 9.15. The summed E-state index contributed by atoms with van der Waals surface area (Å²) in [6.45, 7) is 1.47. The summed E-state index contributed by atoms with van der Waals surface area (Å²) in [5.41, 5.74) is 1.78. The fourth-order valence-electron chi connectivity index (χ4n) is 4.41. The number of ether oxygens (including phenoxy) is 1. The van der Waals surface area contributed by atoms with E-state index in [1.807, 2.05) is 35.2 Å². The Morgan fingerprint density at radius 3 is 2.63 bits per heavy atom. The van der Waals surface area contributed by atoms with Crippen molar-refractivity contribution in [1.29, 1.82) is 0 Å². The van der Waals surface area contributed by atoms with Crippen LogP contribution >= 0.6 is 11.3 Å². The number of benzene rings is 1. The number of unbranched alkanes of at least 4 members (excludes halogenated alkanes) is 2. The molecular weight excluding hydrogens is 466 g/mol. The molecule has 3 rings (SSSR count). The molecule has 192 valence electrons. The van der Waals surface area contributed by atoms with Crippen LogP contribution in [-0.4, -0.2) is 52.6 Å². The van der Waals surface area contributed by atoms with Gasteiger partial charge >= 0.3 is 5.97 Å². The quantitative estimate of drug-likeness (QED) is 0.261. The topological polar surface area (TPSA) is 107 Å². The van der Waals surface area contributed by atoms with Crippen LogP contribution in [0.2, 0.25) is 0 Å². The van der Waals surface area contributed by atoms with Crippen LogP contribution in [0.15, 0.2) is 36.4 Å². The molecule has 2 aromatic rings. The second-order valence-corrected chi connectivity index (χ2v) is 10.3. The number of hydrogen-bond acceptors (Lipinski definition) is 7. The number of amides is 1. The first-order chi connectivity index (χ1) is 16.9. The van der Waals surface area contributed by atoms with Gasteiger partial charge in [0.1, 0.15) is 17.6 Å². The van der Waals surface area contributed by atoms with E-state index < -0.39 is 24.8 Å². The Hall–Kier alpha value is -2.26. The number of rotatable bonds is 14. The van der Waals surface area contributed by atoms with Crippen LogP contribution in [-0.2, 0) is 16.0 Å². The minimum Gasteiger partial charge on any atom is -0.459 e. The van der Waals surface area contributed by atoms with Gasteiger partial charge in [-0.1, -0.05) is 38.3 Å². The van der Waals surface area contributed by atoms with Crippen molar-refractivity contribution in [2.45, 2.75) is 83.0 Å². The second kappa shape index (κ2) is 13.7. The summed E-state index contributed by atoms with van der Waals surface area (Å²) < 4.78 is 5.00. The van der Waals surface area contributed by atoms with E-state index in [4.69, 9.17) is 9.84 Å². The molecule has 1 aromatic heterocycles. The Labute approximate surface area is 211 Å². The van der Waals surface area contributed by atoms with Crippen molar-refractivity contribution in [2.75, 3.05) is 18.1 Å². The summed E-state index contributed by atoms with van der Waals surface area (Å²) in [5.74, 6) is -0.363. The highest BCUT2D eigenvalue weighted by Gasteiger charge is 2.31. The lowest BCUT2D eigenvalue weighted by atomic mass is 10.0. The molecule has 35 heavy (non-hydrogen) atoms. The number of carbonyl (C=O) groups excluding carboxylic acids is 2. The van der Waals surface area contributed by atoms with Crippen molar-refractivity contribution in [3.63, 3.8) is 0 Å². The van der Waals surface area contributed by atoms with Crippen molar-refractivity contribution in [1.82, 2.24) is 0 Å². The number of carbonyl (C=O) groups is 2. The number of aliphatic hydroxyl groups excluding tert-OH is 3. The molecule has 7 nitrogen and oxygen atoms in total. The molecule has 8 heteroatoms. The van der Waals surface area contributed by atoms with Gasteiger partial charge < -0.3 is 25.0 Å². The van der Waals surface area contributed by atoms with Gasteiger partial charge in [-0.2, -0.15) is 0 Å². The van der Waals surface area contributed by atoms with Crippen LogP contribution in [0.5, 0.6) is 0 Å². The van der Waals surface area contributed by atoms with Crippen LogP contribution in [0.25, 0.3) is 0 Å². The standard InChI is InChI=1S/C27H37NO6S/c1-2-3-4-8-24(31)19-9-11-21(12-10-19)28-20(13-16-26(28)32)6-5-7-23-14-15-25(35-23)27(33)34-18-22(30)17-29/h9-12,14-15,20,22,24,29-31H,2-8,13,16-18H2,1H3/t20?,22?,24-/m0/s1. The smallest absolute Gasteiger partial charge is 0.348 e. The number of aryl methyl sites for hydroxylation is 1. The van der Waals surface area contributed by atoms with Gasteiger partial charge in [-0.05, 0) is 61.9 Å². The number of hydrogen-bond donors (Lipinski definition) is 3. The summed E-state index contributed by atoms with van der Waals surface area (Å²) in [4.78, 5) is 28.1. The fraction of sp³-hybridized carbons (Fsp3) is 0.556. The maximum atomic E-state index is 12.6. The minimum absolute atomic E-state index is 0.137. The summed E-state index contributed by atoms with van der Waals surface area (Å²) in [5, 5.41) is 28.5. The molecule has 0 spiro atoms. The van der Waals surface area contributed by atoms with Gasteiger partial charge in [0, 0.05) is 23.0 Å². The molecule has 0 aliphatic carbocycles. The lowest BCUT2D eigenvalue weighted by Gasteiger charge is -2.25. The first-order valence-electron chi connectivity index (χ1n) is 12.6. The number of nitrogens with zero attached hydrogens (tertiary/aromatic N) is 1. The van der Waals surface area contributed by atoms with Gasteiger partial charge in [0.05, 0.1) is 12.7 Å². The largest absolute Gasteiger partial charge is 0.459 e. The molecule has 0 bridgehead atoms. The molecule has 1 aliphatic rings. The zero-order valence-electron chi connectivity index (χ0n) is 20.4. The zero-order chi connectivity index (χ0) is 25.2. The van der Waals surface area contributed by atoms with Gasteiger partial charge in [-0.15, -0.1) is 11.3 Å². The number of anilines is 1. The van der Waals surface area contributed by atoms with Gasteiger partial charge in [0.2, 0.25) is 5.91 Å². The molecule has 1 aromatic carbocycles. The van der Waals surface area contributed by atoms with Gasteiger partial charge in [-0.3, -0.25) is 4.79 Å². The van der Waals surface area contributed by atoms with Crippen LogP contribution in [0.1, 0.15) is 84.5 Å². The molecule has 0 saturated carbocycles. The van der Waals surface area contributed by atoms with E-state index in [1.165, 1.54) is 11.3 Å². The third-order valence-electron chi connectivity index (χ3n) is 6.40. The molecule has 1 amide bonds. The fourth-order valence-corrected chi connectivity index (χ4v) is 5.36. The van der Waals surface area contributed by atoms with Crippen molar-refractivity contribution in [3.8, 4) is 0 Å². The van der Waals surface area contributed by atoms with E-state index in [-0.39, 0.29) is 18.6 Å². The zero-order valence-corrected chi connectivity index (χ0v) is 21.2. The number of esters is 1.